The second kappa shape index (κ2) is 8.65. The number of carbonyl (C=O) groups is 1. The quantitative estimate of drug-likeness (QED) is 0.723. The van der Waals surface area contributed by atoms with Crippen LogP contribution in [0.1, 0.15) is 24.1 Å². The van der Waals surface area contributed by atoms with Gasteiger partial charge in [0.2, 0.25) is 15.9 Å². The maximum Gasteiger partial charge on any atom is 0.243 e. The molecule has 0 unspecified atom stereocenters. The largest absolute Gasteiger partial charge is 0.354 e. The van der Waals surface area contributed by atoms with E-state index >= 15 is 0 Å². The van der Waals surface area contributed by atoms with Crippen LogP contribution in [-0.2, 0) is 21.2 Å². The fourth-order valence-corrected chi connectivity index (χ4v) is 5.71. The summed E-state index contributed by atoms with van der Waals surface area (Å²) in [6, 6.07) is 9.91. The van der Waals surface area contributed by atoms with E-state index in [2.05, 4.69) is 21.2 Å². The van der Waals surface area contributed by atoms with E-state index < -0.39 is 16.1 Å². The highest BCUT2D eigenvalue weighted by molar-refractivity contribution is 9.10. The maximum absolute atomic E-state index is 13.0. The van der Waals surface area contributed by atoms with E-state index in [0.29, 0.717) is 19.5 Å². The Morgan fingerprint density at radius 3 is 2.69 bits per heavy atom. The standard InChI is InChI=1S/C18H21BrN2O3S2/c19-14-6-8-16(9-7-14)26(23,24)21-12-2-1-5-17(21)18(22)20-11-10-15-4-3-13-25-15/h3-4,6-9,13,17H,1-2,5,10-12H2,(H,20,22)/t17-/m1/s1. The van der Waals surface area contributed by atoms with Crippen LogP contribution in [0.15, 0.2) is 51.1 Å². The van der Waals surface area contributed by atoms with E-state index in [0.717, 1.165) is 23.7 Å². The Labute approximate surface area is 166 Å². The number of carbonyl (C=O) groups excluding carboxylic acids is 1. The number of halogens is 1. The summed E-state index contributed by atoms with van der Waals surface area (Å²) in [6.45, 7) is 0.892. The third-order valence-corrected chi connectivity index (χ3v) is 7.81. The van der Waals surface area contributed by atoms with Gasteiger partial charge in [-0.05, 0) is 55.0 Å². The van der Waals surface area contributed by atoms with Crippen molar-refractivity contribution >= 4 is 43.2 Å². The molecule has 1 aromatic carbocycles. The number of benzene rings is 1. The average Bonchev–Trinajstić information content (AvgIpc) is 3.15. The van der Waals surface area contributed by atoms with Gasteiger partial charge >= 0.3 is 0 Å². The van der Waals surface area contributed by atoms with Crippen molar-refractivity contribution in [2.45, 2.75) is 36.6 Å². The first-order valence-electron chi connectivity index (χ1n) is 8.56. The SMILES string of the molecule is O=C(NCCc1cccs1)[C@H]1CCCCN1S(=O)(=O)c1ccc(Br)cc1. The molecular formula is C18H21BrN2O3S2. The van der Waals surface area contributed by atoms with Crippen molar-refractivity contribution in [3.8, 4) is 0 Å². The first-order valence-corrected chi connectivity index (χ1v) is 11.7. The van der Waals surface area contributed by atoms with Crippen LogP contribution in [0.5, 0.6) is 0 Å². The molecule has 1 amide bonds. The van der Waals surface area contributed by atoms with Crippen LogP contribution in [0.2, 0.25) is 0 Å². The fraction of sp³-hybridized carbons (Fsp3) is 0.389. The number of hydrogen-bond acceptors (Lipinski definition) is 4. The number of amides is 1. The molecule has 2 heterocycles. The summed E-state index contributed by atoms with van der Waals surface area (Å²) >= 11 is 4.97. The number of thiophene rings is 1. The molecule has 5 nitrogen and oxygen atoms in total. The van der Waals surface area contributed by atoms with Crippen LogP contribution in [0.25, 0.3) is 0 Å². The van der Waals surface area contributed by atoms with Gasteiger partial charge in [0.1, 0.15) is 6.04 Å². The number of sulfonamides is 1. The third kappa shape index (κ3) is 4.54. The zero-order valence-electron chi connectivity index (χ0n) is 14.2. The van der Waals surface area contributed by atoms with Gasteiger partial charge in [-0.15, -0.1) is 11.3 Å². The smallest absolute Gasteiger partial charge is 0.243 e. The molecule has 26 heavy (non-hydrogen) atoms. The third-order valence-electron chi connectivity index (χ3n) is 4.43. The molecule has 1 aliphatic heterocycles. The van der Waals surface area contributed by atoms with Crippen LogP contribution in [-0.4, -0.2) is 37.8 Å². The number of rotatable bonds is 6. The van der Waals surface area contributed by atoms with Crippen molar-refractivity contribution in [2.24, 2.45) is 0 Å². The molecule has 0 aliphatic carbocycles. The van der Waals surface area contributed by atoms with Gasteiger partial charge in [0.25, 0.3) is 0 Å². The van der Waals surface area contributed by atoms with Crippen LogP contribution in [0, 0.1) is 0 Å². The zero-order chi connectivity index (χ0) is 18.6. The summed E-state index contributed by atoms with van der Waals surface area (Å²) in [5, 5.41) is 4.91. The minimum absolute atomic E-state index is 0.207. The van der Waals surface area contributed by atoms with Gasteiger partial charge in [0.05, 0.1) is 4.90 Å². The summed E-state index contributed by atoms with van der Waals surface area (Å²) < 4.78 is 28.2. The Morgan fingerprint density at radius 2 is 2.00 bits per heavy atom. The Balaban J connectivity index is 1.70. The van der Waals surface area contributed by atoms with Gasteiger partial charge in [-0.1, -0.05) is 28.4 Å². The predicted octanol–water partition coefficient (Wildman–Crippen LogP) is 3.41. The molecule has 0 bridgehead atoms. The van der Waals surface area contributed by atoms with Gasteiger partial charge in [-0.25, -0.2) is 8.42 Å². The van der Waals surface area contributed by atoms with Crippen molar-refractivity contribution in [1.82, 2.24) is 9.62 Å². The summed E-state index contributed by atoms with van der Waals surface area (Å²) in [4.78, 5) is 14.1. The average molecular weight is 457 g/mol. The molecule has 1 aromatic heterocycles. The van der Waals surface area contributed by atoms with E-state index in [4.69, 9.17) is 0 Å². The monoisotopic (exact) mass is 456 g/mol. The lowest BCUT2D eigenvalue weighted by atomic mass is 10.0. The second-order valence-electron chi connectivity index (χ2n) is 6.20. The van der Waals surface area contributed by atoms with Crippen LogP contribution in [0.4, 0.5) is 0 Å². The van der Waals surface area contributed by atoms with E-state index in [1.807, 2.05) is 17.5 Å². The highest BCUT2D eigenvalue weighted by atomic mass is 79.9. The molecule has 8 heteroatoms. The fourth-order valence-electron chi connectivity index (χ4n) is 3.08. The molecule has 0 radical (unpaired) electrons. The van der Waals surface area contributed by atoms with Crippen molar-refractivity contribution in [2.75, 3.05) is 13.1 Å². The summed E-state index contributed by atoms with van der Waals surface area (Å²) in [6.07, 6.45) is 2.94. The number of hydrogen-bond donors (Lipinski definition) is 1. The number of nitrogens with one attached hydrogen (secondary N) is 1. The van der Waals surface area contributed by atoms with E-state index in [1.54, 1.807) is 35.6 Å². The Kier molecular flexibility index (Phi) is 6.50. The van der Waals surface area contributed by atoms with Crippen molar-refractivity contribution in [3.05, 3.63) is 51.1 Å². The lowest BCUT2D eigenvalue weighted by Gasteiger charge is -2.33. The van der Waals surface area contributed by atoms with Crippen molar-refractivity contribution in [1.29, 1.82) is 0 Å². The normalized spacial score (nSPS) is 18.6. The van der Waals surface area contributed by atoms with E-state index in [1.165, 1.54) is 9.18 Å². The molecule has 1 saturated heterocycles. The molecule has 1 atom stereocenters. The topological polar surface area (TPSA) is 66.5 Å². The number of nitrogens with zero attached hydrogens (tertiary/aromatic N) is 1. The molecule has 0 saturated carbocycles. The maximum atomic E-state index is 13.0. The first kappa shape index (κ1) is 19.5. The molecule has 0 spiro atoms. The van der Waals surface area contributed by atoms with Gasteiger partial charge in [-0.3, -0.25) is 4.79 Å². The van der Waals surface area contributed by atoms with Crippen molar-refractivity contribution < 1.29 is 13.2 Å². The molecule has 1 N–H and O–H groups in total. The van der Waals surface area contributed by atoms with Gasteiger partial charge in [0.15, 0.2) is 0 Å². The Morgan fingerprint density at radius 1 is 1.23 bits per heavy atom. The van der Waals surface area contributed by atoms with Crippen LogP contribution >= 0.6 is 27.3 Å². The summed E-state index contributed by atoms with van der Waals surface area (Å²) in [7, 11) is -3.69. The molecule has 3 rings (SSSR count). The molecule has 1 aliphatic rings. The van der Waals surface area contributed by atoms with Crippen LogP contribution < -0.4 is 5.32 Å². The predicted molar refractivity (Wildman–Crippen MR) is 107 cm³/mol. The highest BCUT2D eigenvalue weighted by Crippen LogP contribution is 2.26. The Bertz CT molecular complexity index is 836. The van der Waals surface area contributed by atoms with Gasteiger partial charge in [0, 0.05) is 22.4 Å². The lowest BCUT2D eigenvalue weighted by Crippen LogP contribution is -2.52. The van der Waals surface area contributed by atoms with Gasteiger partial charge in [-0.2, -0.15) is 4.31 Å². The highest BCUT2D eigenvalue weighted by Gasteiger charge is 2.37. The lowest BCUT2D eigenvalue weighted by molar-refractivity contribution is -0.125. The molecule has 2 aromatic rings. The van der Waals surface area contributed by atoms with Crippen molar-refractivity contribution in [3.63, 3.8) is 0 Å². The minimum atomic E-state index is -3.69. The van der Waals surface area contributed by atoms with Gasteiger partial charge < -0.3 is 5.32 Å². The van der Waals surface area contributed by atoms with Crippen LogP contribution in [0.3, 0.4) is 0 Å². The first-order chi connectivity index (χ1) is 12.5. The molecule has 1 fully saturated rings. The van der Waals surface area contributed by atoms with E-state index in [9.17, 15) is 13.2 Å². The Hall–Kier alpha value is -1.22. The summed E-state index contributed by atoms with van der Waals surface area (Å²) in [5.74, 6) is -0.207. The molecular weight excluding hydrogens is 436 g/mol. The zero-order valence-corrected chi connectivity index (χ0v) is 17.4. The second-order valence-corrected chi connectivity index (χ2v) is 10.0. The van der Waals surface area contributed by atoms with E-state index in [-0.39, 0.29) is 10.8 Å². The summed E-state index contributed by atoms with van der Waals surface area (Å²) in [5.41, 5.74) is 0. The number of piperidine rings is 1. The minimum Gasteiger partial charge on any atom is -0.354 e. The molecule has 140 valence electrons.